The molecule has 0 N–H and O–H groups in total. The van der Waals surface area contributed by atoms with Crippen molar-refractivity contribution in [3.63, 3.8) is 0 Å². The zero-order valence-electron chi connectivity index (χ0n) is 18.2. The molecule has 33 heavy (non-hydrogen) atoms. The zero-order valence-corrected chi connectivity index (χ0v) is 18.2. The first-order valence-electron chi connectivity index (χ1n) is 10.4. The van der Waals surface area contributed by atoms with Gasteiger partial charge in [0.1, 0.15) is 5.82 Å². The number of hydrogen-bond acceptors (Lipinski definition) is 5. The van der Waals surface area contributed by atoms with Crippen LogP contribution in [0.15, 0.2) is 71.9 Å². The standard InChI is InChI=1S/C25H21FN4O3/c1-32-22-8-3-16(13-23(22)33-2)9-11-29-12-10-21-20(25(29)31)14-27-24-19(15-28-30(21)24)17-4-6-18(26)7-5-17/h3-8,10,12-15H,9,11H2,1-2H3. The largest absolute Gasteiger partial charge is 0.493 e. The molecule has 0 bridgehead atoms. The predicted molar refractivity (Wildman–Crippen MR) is 123 cm³/mol. The molecule has 0 saturated heterocycles. The van der Waals surface area contributed by atoms with E-state index in [2.05, 4.69) is 10.1 Å². The highest BCUT2D eigenvalue weighted by atomic mass is 19.1. The Morgan fingerprint density at radius 1 is 0.970 bits per heavy atom. The minimum atomic E-state index is -0.303. The normalized spacial score (nSPS) is 11.2. The second-order valence-electron chi connectivity index (χ2n) is 7.61. The second-order valence-corrected chi connectivity index (χ2v) is 7.61. The highest BCUT2D eigenvalue weighted by Crippen LogP contribution is 2.28. The fraction of sp³-hybridized carbons (Fsp3) is 0.160. The Balaban J connectivity index is 1.47. The van der Waals surface area contributed by atoms with Crippen LogP contribution in [0.5, 0.6) is 11.5 Å². The third kappa shape index (κ3) is 3.69. The Bertz CT molecular complexity index is 1520. The Hall–Kier alpha value is -4.20. The highest BCUT2D eigenvalue weighted by molar-refractivity contribution is 5.85. The molecule has 2 aromatic carbocycles. The Kier molecular flexibility index (Phi) is 5.26. The van der Waals surface area contributed by atoms with Crippen LogP contribution in [0.1, 0.15) is 5.56 Å². The molecule has 0 fully saturated rings. The number of aromatic nitrogens is 4. The predicted octanol–water partition coefficient (Wildman–Crippen LogP) is 4.11. The van der Waals surface area contributed by atoms with Crippen molar-refractivity contribution in [3.05, 3.63) is 88.9 Å². The highest BCUT2D eigenvalue weighted by Gasteiger charge is 2.13. The van der Waals surface area contributed by atoms with Crippen molar-refractivity contribution in [2.45, 2.75) is 13.0 Å². The lowest BCUT2D eigenvalue weighted by Crippen LogP contribution is -2.21. The lowest BCUT2D eigenvalue weighted by atomic mass is 10.1. The summed E-state index contributed by atoms with van der Waals surface area (Å²) in [6.45, 7) is 0.502. The molecular formula is C25H21FN4O3. The van der Waals surface area contributed by atoms with Gasteiger partial charge in [-0.3, -0.25) is 4.79 Å². The fourth-order valence-corrected chi connectivity index (χ4v) is 3.95. The maximum Gasteiger partial charge on any atom is 0.261 e. The van der Waals surface area contributed by atoms with Crippen LogP contribution in [-0.4, -0.2) is 33.4 Å². The molecule has 0 aliphatic carbocycles. The van der Waals surface area contributed by atoms with Crippen molar-refractivity contribution in [1.29, 1.82) is 0 Å². The van der Waals surface area contributed by atoms with E-state index in [1.54, 1.807) is 54.0 Å². The van der Waals surface area contributed by atoms with Crippen molar-refractivity contribution in [2.75, 3.05) is 14.2 Å². The number of aryl methyl sites for hydroxylation is 2. The van der Waals surface area contributed by atoms with Crippen LogP contribution in [-0.2, 0) is 13.0 Å². The topological polar surface area (TPSA) is 70.6 Å². The van der Waals surface area contributed by atoms with Gasteiger partial charge >= 0.3 is 0 Å². The number of pyridine rings is 1. The monoisotopic (exact) mass is 444 g/mol. The number of methoxy groups -OCH3 is 2. The molecule has 0 radical (unpaired) electrons. The van der Waals surface area contributed by atoms with Gasteiger partial charge in [0.05, 0.1) is 31.3 Å². The molecule has 0 amide bonds. The smallest absolute Gasteiger partial charge is 0.261 e. The molecular weight excluding hydrogens is 423 g/mol. The molecule has 0 saturated carbocycles. The molecule has 0 aliphatic heterocycles. The van der Waals surface area contributed by atoms with Gasteiger partial charge in [-0.1, -0.05) is 18.2 Å². The van der Waals surface area contributed by atoms with Crippen LogP contribution < -0.4 is 15.0 Å². The van der Waals surface area contributed by atoms with Crippen LogP contribution in [0.2, 0.25) is 0 Å². The summed E-state index contributed by atoms with van der Waals surface area (Å²) >= 11 is 0. The first kappa shape index (κ1) is 20.7. The maximum atomic E-state index is 13.3. The van der Waals surface area contributed by atoms with E-state index in [0.29, 0.717) is 41.0 Å². The summed E-state index contributed by atoms with van der Waals surface area (Å²) < 4.78 is 27.2. The van der Waals surface area contributed by atoms with Crippen LogP contribution in [0, 0.1) is 5.82 Å². The lowest BCUT2D eigenvalue weighted by Gasteiger charge is -2.11. The summed E-state index contributed by atoms with van der Waals surface area (Å²) in [5.41, 5.74) is 3.75. The van der Waals surface area contributed by atoms with E-state index >= 15 is 0 Å². The van der Waals surface area contributed by atoms with Crippen molar-refractivity contribution in [3.8, 4) is 22.6 Å². The third-order valence-corrected chi connectivity index (χ3v) is 5.71. The second kappa shape index (κ2) is 8.38. The molecule has 3 heterocycles. The van der Waals surface area contributed by atoms with E-state index in [4.69, 9.17) is 9.47 Å². The molecule has 7 nitrogen and oxygen atoms in total. The summed E-state index contributed by atoms with van der Waals surface area (Å²) in [4.78, 5) is 17.6. The van der Waals surface area contributed by atoms with Crippen LogP contribution in [0.25, 0.3) is 27.7 Å². The van der Waals surface area contributed by atoms with E-state index in [1.165, 1.54) is 12.1 Å². The SMILES string of the molecule is COc1ccc(CCn2ccc3c(cnc4c(-c5ccc(F)cc5)cnn43)c2=O)cc1OC. The number of ether oxygens (including phenoxy) is 2. The minimum absolute atomic E-state index is 0.138. The van der Waals surface area contributed by atoms with E-state index < -0.39 is 0 Å². The number of benzene rings is 2. The fourth-order valence-electron chi connectivity index (χ4n) is 3.95. The summed E-state index contributed by atoms with van der Waals surface area (Å²) in [6, 6.07) is 13.8. The summed E-state index contributed by atoms with van der Waals surface area (Å²) in [7, 11) is 3.19. The molecule has 8 heteroatoms. The van der Waals surface area contributed by atoms with Crippen LogP contribution >= 0.6 is 0 Å². The van der Waals surface area contributed by atoms with Gasteiger partial charge in [0.2, 0.25) is 0 Å². The Labute approximate surface area is 188 Å². The van der Waals surface area contributed by atoms with Gasteiger partial charge in [-0.25, -0.2) is 13.9 Å². The van der Waals surface area contributed by atoms with Gasteiger partial charge in [0.15, 0.2) is 17.1 Å². The third-order valence-electron chi connectivity index (χ3n) is 5.71. The molecule has 0 unspecified atom stereocenters. The van der Waals surface area contributed by atoms with Gasteiger partial charge in [-0.05, 0) is 47.9 Å². The van der Waals surface area contributed by atoms with Crippen molar-refractivity contribution in [2.24, 2.45) is 0 Å². The van der Waals surface area contributed by atoms with Crippen molar-refractivity contribution >= 4 is 16.6 Å². The first-order valence-corrected chi connectivity index (χ1v) is 10.4. The average Bonchev–Trinajstić information content (AvgIpc) is 3.28. The summed E-state index contributed by atoms with van der Waals surface area (Å²) in [6.07, 6.45) is 5.67. The van der Waals surface area contributed by atoms with Gasteiger partial charge < -0.3 is 14.0 Å². The van der Waals surface area contributed by atoms with E-state index in [9.17, 15) is 9.18 Å². The van der Waals surface area contributed by atoms with E-state index in [0.717, 1.165) is 16.7 Å². The van der Waals surface area contributed by atoms with Gasteiger partial charge in [0, 0.05) is 24.5 Å². The Morgan fingerprint density at radius 3 is 2.52 bits per heavy atom. The van der Waals surface area contributed by atoms with Crippen LogP contribution in [0.4, 0.5) is 4.39 Å². The Morgan fingerprint density at radius 2 is 1.76 bits per heavy atom. The van der Waals surface area contributed by atoms with Gasteiger partial charge in [0.25, 0.3) is 5.56 Å². The zero-order chi connectivity index (χ0) is 22.9. The minimum Gasteiger partial charge on any atom is -0.493 e. The van der Waals surface area contributed by atoms with Crippen molar-refractivity contribution in [1.82, 2.24) is 19.2 Å². The summed E-state index contributed by atoms with van der Waals surface area (Å²) in [5, 5.41) is 4.91. The quantitative estimate of drug-likeness (QED) is 0.394. The maximum absolute atomic E-state index is 13.3. The molecule has 0 atom stereocenters. The molecule has 3 aromatic heterocycles. The first-order chi connectivity index (χ1) is 16.1. The lowest BCUT2D eigenvalue weighted by molar-refractivity contribution is 0.354. The number of halogens is 1. The van der Waals surface area contributed by atoms with Crippen LogP contribution in [0.3, 0.4) is 0 Å². The number of hydrogen-bond donors (Lipinski definition) is 0. The van der Waals surface area contributed by atoms with E-state index in [-0.39, 0.29) is 11.4 Å². The number of nitrogens with zero attached hydrogens (tertiary/aromatic N) is 4. The molecule has 5 rings (SSSR count). The van der Waals surface area contributed by atoms with E-state index in [1.807, 2.05) is 24.3 Å². The summed E-state index contributed by atoms with van der Waals surface area (Å²) in [5.74, 6) is 1.02. The van der Waals surface area contributed by atoms with Gasteiger partial charge in [-0.15, -0.1) is 0 Å². The van der Waals surface area contributed by atoms with Gasteiger partial charge in [-0.2, -0.15) is 5.10 Å². The molecule has 5 aromatic rings. The van der Waals surface area contributed by atoms with Crippen molar-refractivity contribution < 1.29 is 13.9 Å². The molecule has 0 aliphatic rings. The number of fused-ring (bicyclic) bond motifs is 3. The molecule has 0 spiro atoms. The average molecular weight is 444 g/mol. The molecule has 166 valence electrons. The number of rotatable bonds is 6.